The van der Waals surface area contributed by atoms with E-state index in [1.165, 1.54) is 7.05 Å². The van der Waals surface area contributed by atoms with Crippen LogP contribution in [0.2, 0.25) is 0 Å². The van der Waals surface area contributed by atoms with Gasteiger partial charge in [-0.15, -0.1) is 10.2 Å². The molecule has 1 aromatic heterocycles. The average Bonchev–Trinajstić information content (AvgIpc) is 2.36. The highest BCUT2D eigenvalue weighted by molar-refractivity contribution is 5.91. The Hall–Kier alpha value is -2.18. The normalized spacial score (nSPS) is 10.8. The summed E-state index contributed by atoms with van der Waals surface area (Å²) in [4.78, 5) is 22.7. The van der Waals surface area contributed by atoms with Crippen LogP contribution in [0.3, 0.4) is 0 Å². The lowest BCUT2D eigenvalue weighted by atomic mass is 10.2. The molecular weight excluding hydrogens is 260 g/mol. The third-order valence-corrected chi connectivity index (χ3v) is 2.18. The molecule has 0 saturated carbocycles. The van der Waals surface area contributed by atoms with Crippen LogP contribution in [0.1, 0.15) is 37.7 Å². The maximum Gasteiger partial charge on any atom is 0.308 e. The molecule has 1 aromatic rings. The van der Waals surface area contributed by atoms with E-state index in [1.807, 2.05) is 20.8 Å². The molecule has 0 aliphatic rings. The molecule has 0 saturated heterocycles. The minimum Gasteiger partial charge on any atom is -0.460 e. The van der Waals surface area contributed by atoms with E-state index in [1.54, 1.807) is 12.1 Å². The van der Waals surface area contributed by atoms with Gasteiger partial charge < -0.3 is 15.4 Å². The Labute approximate surface area is 118 Å². The second-order valence-corrected chi connectivity index (χ2v) is 5.15. The number of amides is 1. The predicted octanol–water partition coefficient (Wildman–Crippen LogP) is 0.980. The van der Waals surface area contributed by atoms with Crippen LogP contribution in [0, 0.1) is 0 Å². The number of carbonyl (C=O) groups excluding carboxylic acids is 2. The van der Waals surface area contributed by atoms with E-state index >= 15 is 0 Å². The Morgan fingerprint density at radius 3 is 2.45 bits per heavy atom. The molecule has 0 atom stereocenters. The van der Waals surface area contributed by atoms with Gasteiger partial charge in [-0.1, -0.05) is 0 Å². The first-order valence-corrected chi connectivity index (χ1v) is 6.33. The summed E-state index contributed by atoms with van der Waals surface area (Å²) in [6.07, 6.45) is 0.232. The summed E-state index contributed by atoms with van der Waals surface area (Å²) in [5.74, 6) is -0.0704. The zero-order valence-corrected chi connectivity index (χ0v) is 12.2. The largest absolute Gasteiger partial charge is 0.460 e. The molecule has 110 valence electrons. The standard InChI is InChI=1S/C13H20N4O3/c1-13(2,3)20-11(18)7-8-15-10-6-5-9(16-17-10)12(19)14-4/h5-6H,7-8H2,1-4H3,(H,14,19)(H,15,17). The van der Waals surface area contributed by atoms with Gasteiger partial charge in [-0.2, -0.15) is 0 Å². The van der Waals surface area contributed by atoms with Crippen molar-refractivity contribution in [2.24, 2.45) is 0 Å². The van der Waals surface area contributed by atoms with E-state index < -0.39 is 5.60 Å². The molecule has 0 radical (unpaired) electrons. The van der Waals surface area contributed by atoms with Crippen molar-refractivity contribution < 1.29 is 14.3 Å². The SMILES string of the molecule is CNC(=O)c1ccc(NCCC(=O)OC(C)(C)C)nn1. The molecule has 0 unspecified atom stereocenters. The predicted molar refractivity (Wildman–Crippen MR) is 74.4 cm³/mol. The van der Waals surface area contributed by atoms with Crippen LogP contribution in [-0.2, 0) is 9.53 Å². The number of esters is 1. The number of rotatable bonds is 5. The molecule has 0 aliphatic carbocycles. The van der Waals surface area contributed by atoms with Crippen molar-refractivity contribution in [2.45, 2.75) is 32.8 Å². The van der Waals surface area contributed by atoms with Crippen LogP contribution in [0.4, 0.5) is 5.82 Å². The Balaban J connectivity index is 2.39. The summed E-state index contributed by atoms with van der Waals surface area (Å²) < 4.78 is 5.17. The number of nitrogens with zero attached hydrogens (tertiary/aromatic N) is 2. The van der Waals surface area contributed by atoms with Crippen molar-refractivity contribution in [1.82, 2.24) is 15.5 Å². The fourth-order valence-electron chi connectivity index (χ4n) is 1.36. The first-order chi connectivity index (χ1) is 9.31. The number of nitrogens with one attached hydrogen (secondary N) is 2. The van der Waals surface area contributed by atoms with Gasteiger partial charge in [0.25, 0.3) is 5.91 Å². The second-order valence-electron chi connectivity index (χ2n) is 5.15. The number of aromatic nitrogens is 2. The molecule has 1 amide bonds. The second kappa shape index (κ2) is 6.83. The van der Waals surface area contributed by atoms with Gasteiger partial charge in [0.1, 0.15) is 11.4 Å². The highest BCUT2D eigenvalue weighted by Crippen LogP contribution is 2.08. The molecule has 1 heterocycles. The minimum absolute atomic E-state index is 0.232. The summed E-state index contributed by atoms with van der Waals surface area (Å²) in [7, 11) is 1.52. The van der Waals surface area contributed by atoms with Gasteiger partial charge in [-0.05, 0) is 32.9 Å². The summed E-state index contributed by atoms with van der Waals surface area (Å²) in [5, 5.41) is 13.0. The van der Waals surface area contributed by atoms with Crippen LogP contribution in [0.5, 0.6) is 0 Å². The lowest BCUT2D eigenvalue weighted by Gasteiger charge is -2.19. The molecule has 7 nitrogen and oxygen atoms in total. The van der Waals surface area contributed by atoms with E-state index in [0.29, 0.717) is 12.4 Å². The van der Waals surface area contributed by atoms with Gasteiger partial charge >= 0.3 is 5.97 Å². The molecule has 0 spiro atoms. The van der Waals surface area contributed by atoms with E-state index in [4.69, 9.17) is 4.74 Å². The number of carbonyl (C=O) groups is 2. The summed E-state index contributed by atoms with van der Waals surface area (Å²) in [5.41, 5.74) is -0.239. The van der Waals surface area contributed by atoms with E-state index in [9.17, 15) is 9.59 Å². The molecule has 2 N–H and O–H groups in total. The Morgan fingerprint density at radius 2 is 1.95 bits per heavy atom. The molecule has 20 heavy (non-hydrogen) atoms. The maximum absolute atomic E-state index is 11.5. The number of ether oxygens (including phenoxy) is 1. The number of hydrogen-bond donors (Lipinski definition) is 2. The van der Waals surface area contributed by atoms with Crippen LogP contribution in [-0.4, -0.2) is 41.3 Å². The lowest BCUT2D eigenvalue weighted by molar-refractivity contribution is -0.154. The van der Waals surface area contributed by atoms with E-state index in [0.717, 1.165) is 0 Å². The first kappa shape index (κ1) is 15.9. The average molecular weight is 280 g/mol. The molecule has 0 aliphatic heterocycles. The highest BCUT2D eigenvalue weighted by atomic mass is 16.6. The molecular formula is C13H20N4O3. The zero-order chi connectivity index (χ0) is 15.2. The fraction of sp³-hybridized carbons (Fsp3) is 0.538. The third kappa shape index (κ3) is 5.64. The van der Waals surface area contributed by atoms with Crippen molar-refractivity contribution in [3.63, 3.8) is 0 Å². The summed E-state index contributed by atoms with van der Waals surface area (Å²) in [6, 6.07) is 3.19. The molecule has 1 rings (SSSR count). The van der Waals surface area contributed by atoms with E-state index in [-0.39, 0.29) is 24.0 Å². The topological polar surface area (TPSA) is 93.2 Å². The molecule has 0 bridgehead atoms. The quantitative estimate of drug-likeness (QED) is 0.781. The van der Waals surface area contributed by atoms with Crippen molar-refractivity contribution in [3.8, 4) is 0 Å². The Kier molecular flexibility index (Phi) is 5.42. The van der Waals surface area contributed by atoms with Crippen molar-refractivity contribution in [2.75, 3.05) is 18.9 Å². The van der Waals surface area contributed by atoms with E-state index in [2.05, 4.69) is 20.8 Å². The number of hydrogen-bond acceptors (Lipinski definition) is 6. The molecule has 0 fully saturated rings. The van der Waals surface area contributed by atoms with Crippen LogP contribution in [0.15, 0.2) is 12.1 Å². The first-order valence-electron chi connectivity index (χ1n) is 6.33. The van der Waals surface area contributed by atoms with Crippen LogP contribution >= 0.6 is 0 Å². The summed E-state index contributed by atoms with van der Waals surface area (Å²) in [6.45, 7) is 5.85. The molecule has 0 aromatic carbocycles. The van der Waals surface area contributed by atoms with Gasteiger partial charge in [-0.25, -0.2) is 0 Å². The van der Waals surface area contributed by atoms with Crippen LogP contribution < -0.4 is 10.6 Å². The summed E-state index contributed by atoms with van der Waals surface area (Å²) >= 11 is 0. The van der Waals surface area contributed by atoms with Gasteiger partial charge in [-0.3, -0.25) is 9.59 Å². The van der Waals surface area contributed by atoms with Crippen molar-refractivity contribution in [3.05, 3.63) is 17.8 Å². The van der Waals surface area contributed by atoms with Gasteiger partial charge in [0.2, 0.25) is 0 Å². The van der Waals surface area contributed by atoms with Gasteiger partial charge in [0.15, 0.2) is 5.69 Å². The highest BCUT2D eigenvalue weighted by Gasteiger charge is 2.15. The maximum atomic E-state index is 11.5. The smallest absolute Gasteiger partial charge is 0.308 e. The molecule has 7 heteroatoms. The van der Waals surface area contributed by atoms with Crippen molar-refractivity contribution in [1.29, 1.82) is 0 Å². The Bertz CT molecular complexity index is 465. The fourth-order valence-corrected chi connectivity index (χ4v) is 1.36. The van der Waals surface area contributed by atoms with Crippen LogP contribution in [0.25, 0.3) is 0 Å². The zero-order valence-electron chi connectivity index (χ0n) is 12.2. The Morgan fingerprint density at radius 1 is 1.25 bits per heavy atom. The van der Waals surface area contributed by atoms with Gasteiger partial charge in [0, 0.05) is 13.6 Å². The monoisotopic (exact) mass is 280 g/mol. The van der Waals surface area contributed by atoms with Crippen molar-refractivity contribution >= 4 is 17.7 Å². The minimum atomic E-state index is -0.480. The van der Waals surface area contributed by atoms with Gasteiger partial charge in [0.05, 0.1) is 6.42 Å². The third-order valence-electron chi connectivity index (χ3n) is 2.18. The lowest BCUT2D eigenvalue weighted by Crippen LogP contribution is -2.25. The number of anilines is 1.